The zero-order chi connectivity index (χ0) is 17.1. The van der Waals surface area contributed by atoms with Crippen molar-refractivity contribution in [2.24, 2.45) is 0 Å². The second-order valence-corrected chi connectivity index (χ2v) is 7.01. The zero-order valence-electron chi connectivity index (χ0n) is 13.8. The first-order valence-corrected chi connectivity index (χ1v) is 8.80. The van der Waals surface area contributed by atoms with Gasteiger partial charge in [-0.1, -0.05) is 26.0 Å². The Morgan fingerprint density at radius 1 is 1.29 bits per heavy atom. The van der Waals surface area contributed by atoms with Gasteiger partial charge in [0, 0.05) is 19.0 Å². The molecule has 1 amide bonds. The SMILES string of the molecule is CC(C)c1nc(C(=O)N2CCOCC2)c(-c2ccc(C#N)cc2)s1. The van der Waals surface area contributed by atoms with Crippen LogP contribution in [-0.2, 0) is 4.74 Å². The van der Waals surface area contributed by atoms with Crippen LogP contribution in [0.5, 0.6) is 0 Å². The number of hydrogen-bond acceptors (Lipinski definition) is 5. The minimum atomic E-state index is -0.0409. The van der Waals surface area contributed by atoms with Crippen LogP contribution in [0.4, 0.5) is 0 Å². The van der Waals surface area contributed by atoms with Crippen molar-refractivity contribution >= 4 is 17.2 Å². The van der Waals surface area contributed by atoms with Gasteiger partial charge in [0.05, 0.1) is 34.7 Å². The second-order valence-electron chi connectivity index (χ2n) is 5.98. The standard InChI is InChI=1S/C18H19N3O2S/c1-12(2)17-20-15(18(22)21-7-9-23-10-8-21)16(24-17)14-5-3-13(11-19)4-6-14/h3-6,12H,7-10H2,1-2H3. The molecule has 1 aromatic heterocycles. The largest absolute Gasteiger partial charge is 0.378 e. The molecule has 24 heavy (non-hydrogen) atoms. The first kappa shape index (κ1) is 16.6. The summed E-state index contributed by atoms with van der Waals surface area (Å²) in [6, 6.07) is 9.42. The number of benzene rings is 1. The van der Waals surface area contributed by atoms with Gasteiger partial charge in [0.2, 0.25) is 0 Å². The van der Waals surface area contributed by atoms with E-state index in [0.29, 0.717) is 37.6 Å². The highest BCUT2D eigenvalue weighted by Crippen LogP contribution is 2.34. The summed E-state index contributed by atoms with van der Waals surface area (Å²) in [6.07, 6.45) is 0. The van der Waals surface area contributed by atoms with Gasteiger partial charge in [0.1, 0.15) is 5.69 Å². The van der Waals surface area contributed by atoms with Gasteiger partial charge in [-0.25, -0.2) is 4.98 Å². The summed E-state index contributed by atoms with van der Waals surface area (Å²) >= 11 is 1.55. The number of carbonyl (C=O) groups excluding carboxylic acids is 1. The van der Waals surface area contributed by atoms with Crippen LogP contribution in [0.25, 0.3) is 10.4 Å². The maximum Gasteiger partial charge on any atom is 0.274 e. The number of hydrogen-bond donors (Lipinski definition) is 0. The Kier molecular flexibility index (Phi) is 4.93. The molecule has 1 fully saturated rings. The topological polar surface area (TPSA) is 66.2 Å². The average Bonchev–Trinajstić information content (AvgIpc) is 3.07. The van der Waals surface area contributed by atoms with E-state index in [0.717, 1.165) is 15.4 Å². The normalized spacial score (nSPS) is 14.7. The third-order valence-corrected chi connectivity index (χ3v) is 5.32. The number of amides is 1. The molecule has 2 heterocycles. The molecule has 5 nitrogen and oxygen atoms in total. The molecule has 2 aromatic rings. The molecule has 0 bridgehead atoms. The predicted octanol–water partition coefficient (Wildman–Crippen LogP) is 3.28. The van der Waals surface area contributed by atoms with Crippen molar-refractivity contribution in [3.8, 4) is 16.5 Å². The minimum Gasteiger partial charge on any atom is -0.378 e. The van der Waals surface area contributed by atoms with Crippen LogP contribution in [0.1, 0.15) is 40.8 Å². The highest BCUT2D eigenvalue weighted by Gasteiger charge is 2.26. The molecule has 1 aromatic carbocycles. The van der Waals surface area contributed by atoms with E-state index >= 15 is 0 Å². The molecular weight excluding hydrogens is 322 g/mol. The van der Waals surface area contributed by atoms with Crippen LogP contribution in [0.15, 0.2) is 24.3 Å². The Labute approximate surface area is 145 Å². The fraction of sp³-hybridized carbons (Fsp3) is 0.389. The Hall–Kier alpha value is -2.23. The molecule has 0 aliphatic carbocycles. The van der Waals surface area contributed by atoms with E-state index in [1.54, 1.807) is 28.4 Å². The van der Waals surface area contributed by atoms with E-state index in [1.807, 2.05) is 12.1 Å². The maximum absolute atomic E-state index is 12.9. The summed E-state index contributed by atoms with van der Waals surface area (Å²) in [4.78, 5) is 20.2. The summed E-state index contributed by atoms with van der Waals surface area (Å²) in [5, 5.41) is 9.91. The number of nitriles is 1. The molecule has 0 N–H and O–H groups in total. The molecule has 1 aliphatic heterocycles. The van der Waals surface area contributed by atoms with Gasteiger partial charge < -0.3 is 9.64 Å². The van der Waals surface area contributed by atoms with Crippen LogP contribution < -0.4 is 0 Å². The summed E-state index contributed by atoms with van der Waals surface area (Å²) in [7, 11) is 0. The third kappa shape index (κ3) is 3.32. The van der Waals surface area contributed by atoms with Crippen molar-refractivity contribution in [3.05, 3.63) is 40.5 Å². The van der Waals surface area contributed by atoms with E-state index in [-0.39, 0.29) is 11.8 Å². The maximum atomic E-state index is 12.9. The van der Waals surface area contributed by atoms with Gasteiger partial charge in [-0.05, 0) is 17.7 Å². The fourth-order valence-electron chi connectivity index (χ4n) is 2.54. The Morgan fingerprint density at radius 3 is 2.54 bits per heavy atom. The van der Waals surface area contributed by atoms with Gasteiger partial charge in [-0.15, -0.1) is 11.3 Å². The van der Waals surface area contributed by atoms with Crippen LogP contribution in [0.3, 0.4) is 0 Å². The molecule has 6 heteroatoms. The first-order chi connectivity index (χ1) is 11.6. The molecule has 0 unspecified atom stereocenters. The Balaban J connectivity index is 2.00. The van der Waals surface area contributed by atoms with Gasteiger partial charge in [-0.3, -0.25) is 4.79 Å². The molecule has 0 atom stereocenters. The van der Waals surface area contributed by atoms with Gasteiger partial charge >= 0.3 is 0 Å². The number of aromatic nitrogens is 1. The van der Waals surface area contributed by atoms with E-state index < -0.39 is 0 Å². The van der Waals surface area contributed by atoms with Crippen molar-refractivity contribution in [1.82, 2.24) is 9.88 Å². The van der Waals surface area contributed by atoms with Crippen LogP contribution in [0.2, 0.25) is 0 Å². The summed E-state index contributed by atoms with van der Waals surface area (Å²) in [6.45, 7) is 6.48. The summed E-state index contributed by atoms with van der Waals surface area (Å²) < 4.78 is 5.33. The van der Waals surface area contributed by atoms with Crippen LogP contribution in [-0.4, -0.2) is 42.1 Å². The van der Waals surface area contributed by atoms with E-state index in [9.17, 15) is 4.79 Å². The molecule has 3 rings (SSSR count). The first-order valence-electron chi connectivity index (χ1n) is 7.98. The van der Waals surface area contributed by atoms with E-state index in [2.05, 4.69) is 24.9 Å². The van der Waals surface area contributed by atoms with Crippen molar-refractivity contribution in [2.75, 3.05) is 26.3 Å². The van der Waals surface area contributed by atoms with Crippen molar-refractivity contribution < 1.29 is 9.53 Å². The molecule has 1 saturated heterocycles. The van der Waals surface area contributed by atoms with Gasteiger partial charge in [-0.2, -0.15) is 5.26 Å². The Bertz CT molecular complexity index is 769. The number of carbonyl (C=O) groups is 1. The lowest BCUT2D eigenvalue weighted by molar-refractivity contribution is 0.0300. The van der Waals surface area contributed by atoms with Crippen molar-refractivity contribution in [1.29, 1.82) is 5.26 Å². The number of morpholine rings is 1. The lowest BCUT2D eigenvalue weighted by atomic mass is 10.1. The van der Waals surface area contributed by atoms with Crippen LogP contribution >= 0.6 is 11.3 Å². The number of rotatable bonds is 3. The lowest BCUT2D eigenvalue weighted by Crippen LogP contribution is -2.41. The number of nitrogens with zero attached hydrogens (tertiary/aromatic N) is 3. The van der Waals surface area contributed by atoms with Gasteiger partial charge in [0.15, 0.2) is 0 Å². The number of ether oxygens (including phenoxy) is 1. The van der Waals surface area contributed by atoms with E-state index in [1.165, 1.54) is 0 Å². The fourth-order valence-corrected chi connectivity index (χ4v) is 3.60. The molecule has 0 spiro atoms. The van der Waals surface area contributed by atoms with Gasteiger partial charge in [0.25, 0.3) is 5.91 Å². The quantitative estimate of drug-likeness (QED) is 0.859. The summed E-state index contributed by atoms with van der Waals surface area (Å²) in [5.41, 5.74) is 2.04. The molecule has 0 radical (unpaired) electrons. The summed E-state index contributed by atoms with van der Waals surface area (Å²) in [5.74, 6) is 0.221. The van der Waals surface area contributed by atoms with Crippen molar-refractivity contribution in [3.63, 3.8) is 0 Å². The second kappa shape index (κ2) is 7.12. The highest BCUT2D eigenvalue weighted by atomic mass is 32.1. The van der Waals surface area contributed by atoms with Crippen LogP contribution in [0, 0.1) is 11.3 Å². The van der Waals surface area contributed by atoms with E-state index in [4.69, 9.17) is 10.00 Å². The zero-order valence-corrected chi connectivity index (χ0v) is 14.6. The minimum absolute atomic E-state index is 0.0409. The average molecular weight is 341 g/mol. The Morgan fingerprint density at radius 2 is 1.96 bits per heavy atom. The molecule has 0 saturated carbocycles. The molecule has 1 aliphatic rings. The third-order valence-electron chi connectivity index (χ3n) is 3.91. The highest BCUT2D eigenvalue weighted by molar-refractivity contribution is 7.15. The molecule has 124 valence electrons. The van der Waals surface area contributed by atoms with Crippen molar-refractivity contribution in [2.45, 2.75) is 19.8 Å². The smallest absolute Gasteiger partial charge is 0.274 e. The predicted molar refractivity (Wildman–Crippen MR) is 93.1 cm³/mol. The monoisotopic (exact) mass is 341 g/mol. The number of thiazole rings is 1. The lowest BCUT2D eigenvalue weighted by Gasteiger charge is -2.26. The molecular formula is C18H19N3O2S.